The van der Waals surface area contributed by atoms with Gasteiger partial charge in [0.15, 0.2) is 16.4 Å². The Hall–Kier alpha value is -6.41. The van der Waals surface area contributed by atoms with E-state index in [2.05, 4.69) is 48.7 Å². The average Bonchev–Trinajstić information content (AvgIpc) is 3.78. The summed E-state index contributed by atoms with van der Waals surface area (Å²) in [6.07, 6.45) is 9.35. The molecule has 0 aliphatic carbocycles. The average molecular weight is 803 g/mol. The van der Waals surface area contributed by atoms with E-state index in [4.69, 9.17) is 26.1 Å². The molecule has 0 amide bonds. The molecule has 12 nitrogen and oxygen atoms in total. The Morgan fingerprint density at radius 3 is 1.53 bits per heavy atom. The van der Waals surface area contributed by atoms with Gasteiger partial charge in [0.05, 0.1) is 44.4 Å². The fourth-order valence-corrected chi connectivity index (χ4v) is 6.35. The molecule has 58 heavy (non-hydrogen) atoms. The van der Waals surface area contributed by atoms with E-state index in [9.17, 15) is 8.78 Å². The fourth-order valence-electron chi connectivity index (χ4n) is 6.15. The lowest BCUT2D eigenvalue weighted by Gasteiger charge is -2.10. The van der Waals surface area contributed by atoms with Crippen molar-refractivity contribution in [2.45, 2.75) is 59.5 Å². The largest absolute Gasteiger partial charge is 0.463 e. The van der Waals surface area contributed by atoms with Crippen molar-refractivity contribution in [3.8, 4) is 34.8 Å². The molecule has 8 aromatic rings. The van der Waals surface area contributed by atoms with Gasteiger partial charge in [-0.3, -0.25) is 9.97 Å². The highest BCUT2D eigenvalue weighted by Crippen LogP contribution is 2.30. The van der Waals surface area contributed by atoms with Crippen molar-refractivity contribution < 1.29 is 18.3 Å². The molecule has 0 radical (unpaired) electrons. The lowest BCUT2D eigenvalue weighted by molar-refractivity contribution is 0.285. The number of hydrogen-bond acceptors (Lipinski definition) is 10. The quantitative estimate of drug-likeness (QED) is 0.0774. The summed E-state index contributed by atoms with van der Waals surface area (Å²) in [4.78, 5) is 35.1. The van der Waals surface area contributed by atoms with Crippen LogP contribution in [-0.2, 0) is 13.1 Å². The predicted molar refractivity (Wildman–Crippen MR) is 219 cm³/mol. The molecular formula is C43H41ClF2N10O2. The molecule has 8 rings (SSSR count). The molecule has 296 valence electrons. The maximum absolute atomic E-state index is 13.8. The Bertz CT molecular complexity index is 2440. The van der Waals surface area contributed by atoms with Crippen LogP contribution in [0.4, 0.5) is 8.78 Å². The van der Waals surface area contributed by atoms with E-state index in [0.29, 0.717) is 77.4 Å². The smallest absolute Gasteiger partial charge is 0.319 e. The van der Waals surface area contributed by atoms with E-state index >= 15 is 0 Å². The Morgan fingerprint density at radius 1 is 0.586 bits per heavy atom. The van der Waals surface area contributed by atoms with Crippen molar-refractivity contribution in [3.05, 3.63) is 131 Å². The molecule has 0 fully saturated rings. The molecule has 0 atom stereocenters. The summed E-state index contributed by atoms with van der Waals surface area (Å²) in [5, 5.41) is 0.193. The maximum atomic E-state index is 13.8. The summed E-state index contributed by atoms with van der Waals surface area (Å²) in [7, 11) is 0. The second-order valence-corrected chi connectivity index (χ2v) is 13.8. The first-order valence-electron chi connectivity index (χ1n) is 19.0. The topological polar surface area (TPSA) is 131 Å². The van der Waals surface area contributed by atoms with Gasteiger partial charge in [0.2, 0.25) is 0 Å². The van der Waals surface area contributed by atoms with Gasteiger partial charge >= 0.3 is 12.0 Å². The molecule has 0 aliphatic rings. The van der Waals surface area contributed by atoms with Gasteiger partial charge in [0.1, 0.15) is 34.3 Å². The van der Waals surface area contributed by atoms with E-state index in [1.165, 1.54) is 18.3 Å². The Kier molecular flexibility index (Phi) is 12.8. The number of rotatable bonds is 14. The van der Waals surface area contributed by atoms with Crippen LogP contribution in [0, 0.1) is 18.6 Å². The molecule has 2 aromatic carbocycles. The Morgan fingerprint density at radius 2 is 1.05 bits per heavy atom. The van der Waals surface area contributed by atoms with Gasteiger partial charge in [0, 0.05) is 23.5 Å². The predicted octanol–water partition coefficient (Wildman–Crippen LogP) is 9.47. The number of hydrogen-bond donors (Lipinski definition) is 0. The number of benzene rings is 2. The highest BCUT2D eigenvalue weighted by molar-refractivity contribution is 6.33. The van der Waals surface area contributed by atoms with Crippen LogP contribution in [0.5, 0.6) is 12.0 Å². The van der Waals surface area contributed by atoms with Gasteiger partial charge in [-0.05, 0) is 43.0 Å². The van der Waals surface area contributed by atoms with Crippen molar-refractivity contribution in [2.24, 2.45) is 0 Å². The van der Waals surface area contributed by atoms with Crippen molar-refractivity contribution in [1.29, 1.82) is 0 Å². The molecule has 0 saturated heterocycles. The van der Waals surface area contributed by atoms with Crippen LogP contribution in [0.25, 0.3) is 45.1 Å². The SMILES string of the molecule is CCCCOc1nc(C)c2nc(-c3cncc(F)c3)n(Cc3ccccc3)c2n1.CCCCOc1nc(Cl)c2nc(-c3cncc(F)c3)n(Cc3ccccc3)c2n1. The molecule has 0 bridgehead atoms. The zero-order valence-corrected chi connectivity index (χ0v) is 33.1. The van der Waals surface area contributed by atoms with E-state index in [-0.39, 0.29) is 11.2 Å². The lowest BCUT2D eigenvalue weighted by atomic mass is 10.2. The molecule has 6 aromatic heterocycles. The summed E-state index contributed by atoms with van der Waals surface area (Å²) in [6.45, 7) is 8.14. The number of aromatic nitrogens is 10. The first-order chi connectivity index (χ1) is 28.3. The minimum absolute atomic E-state index is 0.193. The molecule has 0 unspecified atom stereocenters. The highest BCUT2D eigenvalue weighted by atomic mass is 35.5. The number of imidazole rings is 2. The van der Waals surface area contributed by atoms with Gasteiger partial charge in [-0.25, -0.2) is 18.7 Å². The summed E-state index contributed by atoms with van der Waals surface area (Å²) >= 11 is 6.39. The number of unbranched alkanes of at least 4 members (excludes halogenated alkanes) is 2. The van der Waals surface area contributed by atoms with Crippen LogP contribution in [0.15, 0.2) is 97.6 Å². The molecule has 0 spiro atoms. The lowest BCUT2D eigenvalue weighted by Crippen LogP contribution is -2.06. The van der Waals surface area contributed by atoms with Crippen molar-refractivity contribution in [2.75, 3.05) is 13.2 Å². The van der Waals surface area contributed by atoms with Gasteiger partial charge in [-0.2, -0.15) is 19.9 Å². The highest BCUT2D eigenvalue weighted by Gasteiger charge is 2.21. The summed E-state index contributed by atoms with van der Waals surface area (Å²) in [6, 6.07) is 23.2. The number of fused-ring (bicyclic) bond motifs is 2. The minimum Gasteiger partial charge on any atom is -0.463 e. The minimum atomic E-state index is -0.443. The van der Waals surface area contributed by atoms with E-state index in [1.54, 1.807) is 12.4 Å². The van der Waals surface area contributed by atoms with Crippen molar-refractivity contribution in [1.82, 2.24) is 49.0 Å². The summed E-state index contributed by atoms with van der Waals surface area (Å²) in [5.74, 6) is 0.255. The van der Waals surface area contributed by atoms with Gasteiger partial charge in [0.25, 0.3) is 0 Å². The standard InChI is InChI=1S/C22H22FN5O.C21H19ClFN5O/c1-3-4-10-29-22-25-15(2)19-21(27-22)28(14-16-8-6-5-7-9-16)20(26-19)17-11-18(23)13-24-12-17;1-2-3-9-29-21-26-18(22)17-20(27-21)28(13-14-7-5-4-6-8-14)19(25-17)15-10-16(23)12-24-11-15/h5-9,11-13H,3-4,10,14H2,1-2H3;4-8,10-12H,2-3,9,13H2,1H3. The number of pyridine rings is 2. The van der Waals surface area contributed by atoms with Crippen LogP contribution in [0.3, 0.4) is 0 Å². The van der Waals surface area contributed by atoms with E-state index in [1.807, 2.05) is 76.7 Å². The molecule has 6 heterocycles. The normalized spacial score (nSPS) is 11.1. The zero-order valence-electron chi connectivity index (χ0n) is 32.3. The summed E-state index contributed by atoms with van der Waals surface area (Å²) < 4.78 is 42.9. The van der Waals surface area contributed by atoms with Gasteiger partial charge in [-0.15, -0.1) is 0 Å². The third-order valence-electron chi connectivity index (χ3n) is 9.03. The zero-order chi connectivity index (χ0) is 40.4. The first-order valence-corrected chi connectivity index (χ1v) is 19.4. The van der Waals surface area contributed by atoms with Gasteiger partial charge < -0.3 is 18.6 Å². The maximum Gasteiger partial charge on any atom is 0.319 e. The third kappa shape index (κ3) is 9.40. The van der Waals surface area contributed by atoms with E-state index < -0.39 is 11.6 Å². The summed E-state index contributed by atoms with van der Waals surface area (Å²) in [5.41, 5.74) is 6.26. The fraction of sp³-hybridized carbons (Fsp3) is 0.256. The second kappa shape index (κ2) is 18.7. The number of aryl methyl sites for hydroxylation is 1. The molecule has 0 aliphatic heterocycles. The van der Waals surface area contributed by atoms with Crippen LogP contribution in [0.2, 0.25) is 5.15 Å². The van der Waals surface area contributed by atoms with Crippen LogP contribution in [-0.4, -0.2) is 62.2 Å². The Balaban J connectivity index is 0.000000177. The first kappa shape index (κ1) is 39.8. The van der Waals surface area contributed by atoms with Crippen LogP contribution in [0.1, 0.15) is 56.4 Å². The molecule has 0 saturated carbocycles. The molecule has 0 N–H and O–H groups in total. The van der Waals surface area contributed by atoms with Crippen LogP contribution < -0.4 is 9.47 Å². The molecule has 15 heteroatoms. The number of nitrogens with zero attached hydrogens (tertiary/aromatic N) is 10. The molecular weight excluding hydrogens is 762 g/mol. The van der Waals surface area contributed by atoms with Gasteiger partial charge in [-0.1, -0.05) is 99.0 Å². The number of halogens is 3. The number of ether oxygens (including phenoxy) is 2. The second-order valence-electron chi connectivity index (χ2n) is 13.4. The van der Waals surface area contributed by atoms with E-state index in [0.717, 1.165) is 48.7 Å². The monoisotopic (exact) mass is 802 g/mol. The third-order valence-corrected chi connectivity index (χ3v) is 9.29. The van der Waals surface area contributed by atoms with Crippen molar-refractivity contribution in [3.63, 3.8) is 0 Å². The Labute approximate surface area is 339 Å². The van der Waals surface area contributed by atoms with Crippen molar-refractivity contribution >= 4 is 33.9 Å². The van der Waals surface area contributed by atoms with Crippen LogP contribution >= 0.6 is 11.6 Å².